The molecule has 0 amide bonds. The van der Waals surface area contributed by atoms with E-state index < -0.39 is 12.0 Å². The lowest BCUT2D eigenvalue weighted by Crippen LogP contribution is -2.40. The quantitative estimate of drug-likeness (QED) is 0.451. The van der Waals surface area contributed by atoms with E-state index in [1.807, 2.05) is 60.8 Å². The second kappa shape index (κ2) is 8.79. The van der Waals surface area contributed by atoms with Gasteiger partial charge in [0.05, 0.1) is 29.5 Å². The number of benzene rings is 2. The second-order valence-corrected chi connectivity index (χ2v) is 8.84. The standard InChI is InChI=1S/C26H23N3O4S/c1-4-33-25(31)22-15(2)28-26-29(23(22)18-10-6-8-12-20(18)32-3)24(30)21(34-26)13-16-14-27-19-11-7-5-9-17(16)19/h5-14,23,27H,4H2,1-3H3/b21-13-/t23-/m0/s1. The minimum Gasteiger partial charge on any atom is -0.496 e. The predicted molar refractivity (Wildman–Crippen MR) is 132 cm³/mol. The zero-order valence-electron chi connectivity index (χ0n) is 19.0. The third kappa shape index (κ3) is 3.56. The summed E-state index contributed by atoms with van der Waals surface area (Å²) in [5.74, 6) is 0.0840. The lowest BCUT2D eigenvalue weighted by Gasteiger charge is -2.25. The number of nitrogens with zero attached hydrogens (tertiary/aromatic N) is 2. The van der Waals surface area contributed by atoms with Crippen molar-refractivity contribution in [3.63, 3.8) is 0 Å². The molecule has 1 aliphatic rings. The number of aromatic nitrogens is 2. The van der Waals surface area contributed by atoms with E-state index in [0.717, 1.165) is 16.5 Å². The number of nitrogens with one attached hydrogen (secondary N) is 1. The van der Waals surface area contributed by atoms with Gasteiger partial charge in [0.1, 0.15) is 11.8 Å². The van der Waals surface area contributed by atoms with Crippen LogP contribution < -0.4 is 19.6 Å². The summed E-state index contributed by atoms with van der Waals surface area (Å²) in [4.78, 5) is 35.2. The number of hydrogen-bond donors (Lipinski definition) is 1. The van der Waals surface area contributed by atoms with Crippen LogP contribution in [0.15, 0.2) is 75.8 Å². The lowest BCUT2D eigenvalue weighted by molar-refractivity contribution is -0.139. The third-order valence-electron chi connectivity index (χ3n) is 5.86. The Labute approximate surface area is 199 Å². The summed E-state index contributed by atoms with van der Waals surface area (Å²) in [5.41, 5.74) is 3.23. The molecule has 0 unspecified atom stereocenters. The van der Waals surface area contributed by atoms with Crippen LogP contribution in [0.5, 0.6) is 5.75 Å². The van der Waals surface area contributed by atoms with Crippen molar-refractivity contribution in [3.8, 4) is 5.75 Å². The molecule has 0 saturated carbocycles. The zero-order chi connectivity index (χ0) is 23.8. The first-order valence-electron chi connectivity index (χ1n) is 10.9. The van der Waals surface area contributed by atoms with Gasteiger partial charge in [-0.05, 0) is 32.1 Å². The first kappa shape index (κ1) is 21.9. The minimum atomic E-state index is -0.712. The van der Waals surface area contributed by atoms with Crippen LogP contribution in [-0.2, 0) is 9.53 Å². The lowest BCUT2D eigenvalue weighted by atomic mass is 9.95. The van der Waals surface area contributed by atoms with Gasteiger partial charge in [0.25, 0.3) is 5.56 Å². The SMILES string of the molecule is CCOC(=O)C1=C(C)N=c2s/c(=C\c3c[nH]c4ccccc34)c(=O)n2[C@H]1c1ccccc1OC. The Bertz CT molecular complexity index is 1620. The maximum absolute atomic E-state index is 13.7. The first-order valence-corrected chi connectivity index (χ1v) is 11.7. The van der Waals surface area contributed by atoms with Gasteiger partial charge < -0.3 is 14.5 Å². The van der Waals surface area contributed by atoms with Gasteiger partial charge in [0, 0.05) is 28.2 Å². The largest absolute Gasteiger partial charge is 0.496 e. The Morgan fingerprint density at radius 3 is 2.76 bits per heavy atom. The Morgan fingerprint density at radius 1 is 1.21 bits per heavy atom. The number of hydrogen-bond acceptors (Lipinski definition) is 6. The predicted octanol–water partition coefficient (Wildman–Crippen LogP) is 3.29. The molecule has 7 nitrogen and oxygen atoms in total. The maximum Gasteiger partial charge on any atom is 0.338 e. The van der Waals surface area contributed by atoms with Crippen LogP contribution in [0.3, 0.4) is 0 Å². The van der Waals surface area contributed by atoms with E-state index in [1.165, 1.54) is 11.3 Å². The number of esters is 1. The summed E-state index contributed by atoms with van der Waals surface area (Å²) in [7, 11) is 1.57. The van der Waals surface area contributed by atoms with Gasteiger partial charge >= 0.3 is 5.97 Å². The fraction of sp³-hybridized carbons (Fsp3) is 0.192. The van der Waals surface area contributed by atoms with Gasteiger partial charge in [-0.1, -0.05) is 47.7 Å². The molecule has 0 radical (unpaired) electrons. The molecule has 0 saturated heterocycles. The fourth-order valence-electron chi connectivity index (χ4n) is 4.33. The number of aromatic amines is 1. The van der Waals surface area contributed by atoms with Gasteiger partial charge in [0.2, 0.25) is 0 Å². The van der Waals surface area contributed by atoms with Crippen molar-refractivity contribution in [2.24, 2.45) is 4.99 Å². The molecule has 1 N–H and O–H groups in total. The minimum absolute atomic E-state index is 0.221. The number of H-pyrrole nitrogens is 1. The molecule has 2 aromatic heterocycles. The number of ether oxygens (including phenoxy) is 2. The maximum atomic E-state index is 13.7. The topological polar surface area (TPSA) is 85.7 Å². The Kier molecular flexibility index (Phi) is 5.67. The Morgan fingerprint density at radius 2 is 1.97 bits per heavy atom. The van der Waals surface area contributed by atoms with Crippen LogP contribution in [0.1, 0.15) is 31.0 Å². The van der Waals surface area contributed by atoms with Crippen LogP contribution in [0, 0.1) is 0 Å². The third-order valence-corrected chi connectivity index (χ3v) is 6.84. The molecule has 5 rings (SSSR count). The van der Waals surface area contributed by atoms with Crippen molar-refractivity contribution in [1.29, 1.82) is 0 Å². The van der Waals surface area contributed by atoms with Gasteiger partial charge in [0.15, 0.2) is 4.80 Å². The summed E-state index contributed by atoms with van der Waals surface area (Å²) in [5, 5.41) is 1.03. The van der Waals surface area contributed by atoms with Crippen LogP contribution in [0.25, 0.3) is 17.0 Å². The highest BCUT2D eigenvalue weighted by Crippen LogP contribution is 2.35. The van der Waals surface area contributed by atoms with E-state index in [9.17, 15) is 9.59 Å². The van der Waals surface area contributed by atoms with Gasteiger partial charge in [-0.25, -0.2) is 9.79 Å². The number of methoxy groups -OCH3 is 1. The normalized spacial score (nSPS) is 15.9. The molecule has 1 atom stereocenters. The van der Waals surface area contributed by atoms with Crippen LogP contribution >= 0.6 is 11.3 Å². The number of thiazole rings is 1. The number of para-hydroxylation sites is 2. The summed E-state index contributed by atoms with van der Waals surface area (Å²) < 4.78 is 13.0. The van der Waals surface area contributed by atoms with Crippen LogP contribution in [-0.4, -0.2) is 29.2 Å². The number of carbonyl (C=O) groups excluding carboxylic acids is 1. The molecule has 34 heavy (non-hydrogen) atoms. The zero-order valence-corrected chi connectivity index (χ0v) is 19.8. The average Bonchev–Trinajstić information content (AvgIpc) is 3.39. The summed E-state index contributed by atoms with van der Waals surface area (Å²) in [6.07, 6.45) is 3.75. The molecule has 0 aliphatic carbocycles. The molecule has 8 heteroatoms. The van der Waals surface area contributed by atoms with Gasteiger partial charge in [-0.3, -0.25) is 9.36 Å². The monoisotopic (exact) mass is 473 g/mol. The molecule has 0 spiro atoms. The molecule has 3 heterocycles. The fourth-order valence-corrected chi connectivity index (χ4v) is 5.37. The molecular formula is C26H23N3O4S. The van der Waals surface area contributed by atoms with E-state index in [-0.39, 0.29) is 12.2 Å². The molecule has 0 bridgehead atoms. The average molecular weight is 474 g/mol. The van der Waals surface area contributed by atoms with Crippen molar-refractivity contribution in [1.82, 2.24) is 9.55 Å². The molecule has 4 aromatic rings. The first-order chi connectivity index (χ1) is 16.5. The highest BCUT2D eigenvalue weighted by Gasteiger charge is 2.34. The molecule has 2 aromatic carbocycles. The van der Waals surface area contributed by atoms with E-state index in [4.69, 9.17) is 9.47 Å². The van der Waals surface area contributed by atoms with Crippen LogP contribution in [0.2, 0.25) is 0 Å². The highest BCUT2D eigenvalue weighted by atomic mass is 32.1. The summed E-state index contributed by atoms with van der Waals surface area (Å²) in [6.45, 7) is 3.74. The number of allylic oxidation sites excluding steroid dienone is 1. The molecule has 1 aliphatic heterocycles. The van der Waals surface area contributed by atoms with Crippen molar-refractivity contribution in [3.05, 3.63) is 96.8 Å². The molecular weight excluding hydrogens is 450 g/mol. The van der Waals surface area contributed by atoms with E-state index in [1.54, 1.807) is 25.5 Å². The Hall–Kier alpha value is -3.91. The number of rotatable bonds is 5. The highest BCUT2D eigenvalue weighted by molar-refractivity contribution is 7.07. The van der Waals surface area contributed by atoms with Gasteiger partial charge in [-0.2, -0.15) is 0 Å². The van der Waals surface area contributed by atoms with Crippen LogP contribution in [0.4, 0.5) is 0 Å². The molecule has 0 fully saturated rings. The van der Waals surface area contributed by atoms with Crippen molar-refractivity contribution in [2.75, 3.05) is 13.7 Å². The van der Waals surface area contributed by atoms with E-state index in [0.29, 0.717) is 31.9 Å². The molecule has 172 valence electrons. The van der Waals surface area contributed by atoms with Crippen molar-refractivity contribution < 1.29 is 14.3 Å². The van der Waals surface area contributed by atoms with E-state index in [2.05, 4.69) is 9.98 Å². The van der Waals surface area contributed by atoms with E-state index >= 15 is 0 Å². The summed E-state index contributed by atoms with van der Waals surface area (Å²) in [6, 6.07) is 14.6. The second-order valence-electron chi connectivity index (χ2n) is 7.83. The summed E-state index contributed by atoms with van der Waals surface area (Å²) >= 11 is 1.30. The van der Waals surface area contributed by atoms with Crippen molar-refractivity contribution in [2.45, 2.75) is 19.9 Å². The smallest absolute Gasteiger partial charge is 0.338 e. The van der Waals surface area contributed by atoms with Gasteiger partial charge in [-0.15, -0.1) is 0 Å². The Balaban J connectivity index is 1.77. The van der Waals surface area contributed by atoms with Crippen molar-refractivity contribution >= 4 is 34.3 Å². The number of fused-ring (bicyclic) bond motifs is 2. The number of carbonyl (C=O) groups is 1.